The van der Waals surface area contributed by atoms with Gasteiger partial charge in [-0.2, -0.15) is 0 Å². The smallest absolute Gasteiger partial charge is 0.0240 e. The summed E-state index contributed by atoms with van der Waals surface area (Å²) in [6.07, 6.45) is 16.2. The maximum Gasteiger partial charge on any atom is 0.0240 e. The van der Waals surface area contributed by atoms with Gasteiger partial charge in [0.05, 0.1) is 0 Å². The summed E-state index contributed by atoms with van der Waals surface area (Å²) in [5.41, 5.74) is 5.19. The van der Waals surface area contributed by atoms with E-state index in [2.05, 4.69) is 24.5 Å². The highest BCUT2D eigenvalue weighted by atomic mass is 31.2. The quantitative estimate of drug-likeness (QED) is 0.404. The number of rotatable bonds is 2. The third kappa shape index (κ3) is 2.46. The van der Waals surface area contributed by atoms with Gasteiger partial charge < -0.3 is 0 Å². The van der Waals surface area contributed by atoms with Gasteiger partial charge in [-0.05, 0) is 6.16 Å². The molecule has 9 heavy (non-hydrogen) atoms. The molecule has 0 aromatic carbocycles. The Morgan fingerprint density at radius 1 is 1.44 bits per heavy atom. The lowest BCUT2D eigenvalue weighted by Crippen LogP contribution is -1.80. The lowest BCUT2D eigenvalue weighted by molar-refractivity contribution is 1.10. The Morgan fingerprint density at radius 3 is 2.00 bits per heavy atom. The van der Waals surface area contributed by atoms with Crippen molar-refractivity contribution < 1.29 is 0 Å². The molecule has 0 aromatic rings. The summed E-state index contributed by atoms with van der Waals surface area (Å²) >= 11 is 0. The van der Waals surface area contributed by atoms with Crippen molar-refractivity contribution >= 4 is 13.2 Å². The van der Waals surface area contributed by atoms with E-state index in [1.165, 1.54) is 0 Å². The number of hydrogen-bond acceptors (Lipinski definition) is 0. The average molecular weight is 138 g/mol. The zero-order valence-corrected chi connectivity index (χ0v) is 6.62. The highest BCUT2D eigenvalue weighted by molar-refractivity contribution is 7.82. The first-order valence-electron chi connectivity index (χ1n) is 2.86. The van der Waals surface area contributed by atoms with Crippen LogP contribution in [0.4, 0.5) is 0 Å². The second-order valence-corrected chi connectivity index (χ2v) is 4.85. The van der Waals surface area contributed by atoms with Crippen molar-refractivity contribution in [2.45, 2.75) is 13.3 Å². The molecule has 0 aliphatic carbocycles. The summed E-state index contributed by atoms with van der Waals surface area (Å²) in [7, 11) is 0. The molecule has 0 aliphatic heterocycles. The first-order chi connectivity index (χ1) is 4.18. The van der Waals surface area contributed by atoms with E-state index in [0.717, 1.165) is 12.6 Å². The van der Waals surface area contributed by atoms with Crippen LogP contribution in [-0.2, 0) is 0 Å². The van der Waals surface area contributed by atoms with E-state index in [9.17, 15) is 0 Å². The molecule has 0 fully saturated rings. The molecule has 0 bridgehead atoms. The first kappa shape index (κ1) is 8.42. The Morgan fingerprint density at radius 2 is 1.89 bits per heavy atom. The molecule has 0 radical (unpaired) electrons. The van der Waals surface area contributed by atoms with Gasteiger partial charge in [-0.15, -0.1) is 12.8 Å². The van der Waals surface area contributed by atoms with Crippen molar-refractivity contribution in [2.75, 3.05) is 6.16 Å². The number of hydrogen-bond donors (Lipinski definition) is 0. The molecule has 1 heteroatoms. The normalized spacial score (nSPS) is 9.67. The van der Waals surface area contributed by atoms with E-state index in [4.69, 9.17) is 12.8 Å². The van der Waals surface area contributed by atoms with Gasteiger partial charge >= 0.3 is 0 Å². The lowest BCUT2D eigenvalue weighted by atomic mass is 10.6. The minimum absolute atomic E-state index is 0.917. The highest BCUT2D eigenvalue weighted by Gasteiger charge is 2.02. The van der Waals surface area contributed by atoms with Gasteiger partial charge in [0.1, 0.15) is 0 Å². The second-order valence-electron chi connectivity index (χ2n) is 1.95. The van der Waals surface area contributed by atoms with Gasteiger partial charge in [0.15, 0.2) is 0 Å². The molecule has 0 N–H and O–H groups in total. The van der Waals surface area contributed by atoms with Crippen LogP contribution < -0.4 is 0 Å². The maximum absolute atomic E-state index is 5.20. The van der Waals surface area contributed by atoms with Crippen LogP contribution in [0.5, 0.6) is 0 Å². The zero-order valence-electron chi connectivity index (χ0n) is 5.72. The molecule has 0 spiro atoms. The van der Waals surface area contributed by atoms with E-state index in [1.54, 1.807) is 0 Å². The Balaban J connectivity index is 4.22. The molecule has 0 nitrogen and oxygen atoms in total. The van der Waals surface area contributed by atoms with E-state index in [-0.39, 0.29) is 0 Å². The van der Waals surface area contributed by atoms with Crippen molar-refractivity contribution in [3.05, 3.63) is 0 Å². The highest BCUT2D eigenvalue weighted by Crippen LogP contribution is 2.41. The maximum atomic E-state index is 5.20. The minimum atomic E-state index is -1.63. The molecule has 0 aromatic heterocycles. The van der Waals surface area contributed by atoms with Crippen LogP contribution in [0.2, 0.25) is 0 Å². The van der Waals surface area contributed by atoms with Crippen LogP contribution >= 0.6 is 6.89 Å². The largest absolute Gasteiger partial charge is 0.115 e. The zero-order chi connectivity index (χ0) is 7.33. The SMILES string of the molecule is C#CP(=C)(C#C)CCC. The molecule has 0 heterocycles. The predicted molar refractivity (Wildman–Crippen MR) is 46.9 cm³/mol. The molecule has 0 amide bonds. The Kier molecular flexibility index (Phi) is 3.22. The lowest BCUT2D eigenvalue weighted by Gasteiger charge is -2.05. The van der Waals surface area contributed by atoms with E-state index < -0.39 is 6.89 Å². The summed E-state index contributed by atoms with van der Waals surface area (Å²) in [6, 6.07) is 0. The van der Waals surface area contributed by atoms with Crippen molar-refractivity contribution in [1.29, 1.82) is 0 Å². The van der Waals surface area contributed by atoms with Crippen molar-refractivity contribution in [3.8, 4) is 24.2 Å². The van der Waals surface area contributed by atoms with E-state index in [1.807, 2.05) is 0 Å². The fourth-order valence-electron chi connectivity index (χ4n) is 0.548. The summed E-state index contributed by atoms with van der Waals surface area (Å²) < 4.78 is 0. The molecular weight excluding hydrogens is 127 g/mol. The average Bonchev–Trinajstić information content (AvgIpc) is 1.89. The van der Waals surface area contributed by atoms with E-state index >= 15 is 0 Å². The third-order valence-electron chi connectivity index (χ3n) is 1.10. The fraction of sp³-hybridized carbons (Fsp3) is 0.375. The summed E-state index contributed by atoms with van der Waals surface area (Å²) in [5, 5.41) is 0. The first-order valence-corrected chi connectivity index (χ1v) is 5.02. The van der Waals surface area contributed by atoms with Crippen LogP contribution in [-0.4, -0.2) is 12.5 Å². The van der Waals surface area contributed by atoms with Crippen LogP contribution in [0.15, 0.2) is 0 Å². The van der Waals surface area contributed by atoms with Gasteiger partial charge in [0.2, 0.25) is 0 Å². The standard InChI is InChI=1S/C8H11P/c1-5-8-9(4,6-2)7-3/h2-3H,4-5,8H2,1H3. The van der Waals surface area contributed by atoms with Crippen LogP contribution in [0.1, 0.15) is 13.3 Å². The number of terminal acetylenes is 2. The molecular formula is C8H11P. The molecule has 0 saturated heterocycles. The van der Waals surface area contributed by atoms with Crippen LogP contribution in [0, 0.1) is 24.2 Å². The Hall–Kier alpha value is -0.580. The Labute approximate surface area is 57.6 Å². The van der Waals surface area contributed by atoms with E-state index in [0.29, 0.717) is 0 Å². The van der Waals surface area contributed by atoms with Gasteiger partial charge in [0, 0.05) is 6.89 Å². The van der Waals surface area contributed by atoms with Gasteiger partial charge in [-0.3, -0.25) is 0 Å². The molecule has 0 rings (SSSR count). The second kappa shape index (κ2) is 3.45. The Bertz CT molecular complexity index is 182. The van der Waals surface area contributed by atoms with Gasteiger partial charge in [0.25, 0.3) is 0 Å². The van der Waals surface area contributed by atoms with Crippen LogP contribution in [0.3, 0.4) is 0 Å². The van der Waals surface area contributed by atoms with Crippen molar-refractivity contribution in [1.82, 2.24) is 0 Å². The van der Waals surface area contributed by atoms with Gasteiger partial charge in [-0.1, -0.05) is 31.0 Å². The van der Waals surface area contributed by atoms with Crippen molar-refractivity contribution in [3.63, 3.8) is 0 Å². The molecule has 0 unspecified atom stereocenters. The summed E-state index contributed by atoms with van der Waals surface area (Å²) in [4.78, 5) is 0. The van der Waals surface area contributed by atoms with Crippen LogP contribution in [0.25, 0.3) is 0 Å². The molecule has 0 atom stereocenters. The molecule has 48 valence electrons. The summed E-state index contributed by atoms with van der Waals surface area (Å²) in [5.74, 6) is 0. The topological polar surface area (TPSA) is 0 Å². The van der Waals surface area contributed by atoms with Gasteiger partial charge in [-0.25, -0.2) is 0 Å². The van der Waals surface area contributed by atoms with Crippen molar-refractivity contribution in [2.24, 2.45) is 0 Å². The third-order valence-corrected chi connectivity index (χ3v) is 3.30. The molecule has 0 aliphatic rings. The fourth-order valence-corrected chi connectivity index (χ4v) is 1.64. The summed E-state index contributed by atoms with van der Waals surface area (Å²) in [6.45, 7) is 0.439. The monoisotopic (exact) mass is 138 g/mol. The predicted octanol–water partition coefficient (Wildman–Crippen LogP) is 2.03. The minimum Gasteiger partial charge on any atom is -0.115 e. The molecule has 0 saturated carbocycles.